The Morgan fingerprint density at radius 1 is 1.12 bits per heavy atom. The van der Waals surface area contributed by atoms with Crippen molar-refractivity contribution in [3.63, 3.8) is 0 Å². The number of anilines is 2. The molecule has 0 atom stereocenters. The van der Waals surface area contributed by atoms with E-state index in [1.807, 2.05) is 32.0 Å². The highest BCUT2D eigenvalue weighted by Crippen LogP contribution is 2.33. The van der Waals surface area contributed by atoms with Gasteiger partial charge in [-0.15, -0.1) is 0 Å². The topological polar surface area (TPSA) is 135 Å². The second kappa shape index (κ2) is 13.5. The number of hydrogen-bond acceptors (Lipinski definition) is 9. The highest BCUT2D eigenvalue weighted by molar-refractivity contribution is 8.18. The number of nitrogens with one attached hydrogen (secondary N) is 2. The minimum atomic E-state index is -0.533. The van der Waals surface area contributed by atoms with Gasteiger partial charge in [-0.1, -0.05) is 6.07 Å². The van der Waals surface area contributed by atoms with E-state index >= 15 is 0 Å². The third-order valence-corrected chi connectivity index (χ3v) is 6.98. The van der Waals surface area contributed by atoms with Crippen molar-refractivity contribution in [2.24, 2.45) is 4.99 Å². The maximum atomic E-state index is 12.7. The van der Waals surface area contributed by atoms with Gasteiger partial charge in [0.15, 0.2) is 11.8 Å². The Kier molecular flexibility index (Phi) is 9.59. The maximum absolute atomic E-state index is 12.7. The van der Waals surface area contributed by atoms with Crippen molar-refractivity contribution in [3.05, 3.63) is 87.3 Å². The Labute approximate surface area is 241 Å². The minimum Gasteiger partial charge on any atom is -0.497 e. The number of methoxy groups -OCH3 is 1. The second-order valence-corrected chi connectivity index (χ2v) is 9.75. The molecular weight excluding hydrogens is 546 g/mol. The van der Waals surface area contributed by atoms with Crippen LogP contribution in [0.5, 0.6) is 11.5 Å². The molecule has 0 radical (unpaired) electrons. The first-order valence-electron chi connectivity index (χ1n) is 12.8. The summed E-state index contributed by atoms with van der Waals surface area (Å²) in [7, 11) is 1.58. The minimum absolute atomic E-state index is 0.133. The summed E-state index contributed by atoms with van der Waals surface area (Å²) in [5, 5.41) is 16.9. The third kappa shape index (κ3) is 7.63. The number of rotatable bonds is 11. The molecule has 2 amide bonds. The van der Waals surface area contributed by atoms with Crippen LogP contribution in [0.25, 0.3) is 6.08 Å². The molecule has 212 valence electrons. The Hall–Kier alpha value is -4.84. The monoisotopic (exact) mass is 575 g/mol. The second-order valence-electron chi connectivity index (χ2n) is 8.72. The molecule has 0 unspecified atom stereocenters. The summed E-state index contributed by atoms with van der Waals surface area (Å²) in [6.45, 7) is 5.27. The van der Waals surface area contributed by atoms with Gasteiger partial charge < -0.3 is 25.0 Å². The molecule has 1 fully saturated rings. The number of amidine groups is 1. The van der Waals surface area contributed by atoms with E-state index in [1.165, 1.54) is 30.0 Å². The van der Waals surface area contributed by atoms with Crippen LogP contribution in [-0.4, -0.2) is 48.7 Å². The Morgan fingerprint density at radius 2 is 1.88 bits per heavy atom. The summed E-state index contributed by atoms with van der Waals surface area (Å²) >= 11 is 1.20. The zero-order valence-electron chi connectivity index (χ0n) is 22.7. The van der Waals surface area contributed by atoms with Crippen molar-refractivity contribution in [2.75, 3.05) is 37.0 Å². The van der Waals surface area contributed by atoms with Crippen LogP contribution in [0.3, 0.4) is 0 Å². The molecule has 2 N–H and O–H groups in total. The first-order valence-corrected chi connectivity index (χ1v) is 13.6. The van der Waals surface area contributed by atoms with E-state index in [1.54, 1.807) is 43.5 Å². The zero-order valence-corrected chi connectivity index (χ0v) is 23.6. The molecule has 4 rings (SSSR count). The van der Waals surface area contributed by atoms with Crippen molar-refractivity contribution < 1.29 is 24.0 Å². The number of benzene rings is 3. The van der Waals surface area contributed by atoms with Crippen LogP contribution in [0.15, 0.2) is 76.6 Å². The molecule has 1 heterocycles. The summed E-state index contributed by atoms with van der Waals surface area (Å²) in [5.41, 5.74) is 2.32. The van der Waals surface area contributed by atoms with Gasteiger partial charge in [0.2, 0.25) is 0 Å². The molecule has 1 aliphatic heterocycles. The molecule has 12 heteroatoms. The molecule has 3 aromatic rings. The Balaban J connectivity index is 1.54. The number of carbonyl (C=O) groups excluding carboxylic acids is 2. The molecule has 41 heavy (non-hydrogen) atoms. The number of carbonyl (C=O) groups is 2. The highest BCUT2D eigenvalue weighted by atomic mass is 32.2. The lowest BCUT2D eigenvalue weighted by Crippen LogP contribution is -2.23. The van der Waals surface area contributed by atoms with Crippen LogP contribution in [-0.2, 0) is 9.59 Å². The Morgan fingerprint density at radius 3 is 2.56 bits per heavy atom. The van der Waals surface area contributed by atoms with Gasteiger partial charge in [-0.2, -0.15) is 0 Å². The highest BCUT2D eigenvalue weighted by Gasteiger charge is 2.24. The van der Waals surface area contributed by atoms with Gasteiger partial charge in [-0.25, -0.2) is 4.99 Å². The van der Waals surface area contributed by atoms with Gasteiger partial charge in [0.25, 0.3) is 17.5 Å². The van der Waals surface area contributed by atoms with E-state index in [4.69, 9.17) is 9.47 Å². The molecule has 0 saturated carbocycles. The summed E-state index contributed by atoms with van der Waals surface area (Å²) in [6, 6.07) is 18.4. The van der Waals surface area contributed by atoms with Crippen molar-refractivity contribution in [3.8, 4) is 11.5 Å². The standard InChI is InChI=1S/C29H29N5O6S/c1-4-33(5-2)22-12-9-19(15-26-28(36)32-29(41-26)31-20-10-13-24(39-3)14-11-20)25(17-22)40-18-27(35)30-21-7-6-8-23(16-21)34(37)38/h6-17H,4-5,18H2,1-3H3,(H,30,35)(H,31,32,36)/b26-15-. The fraction of sp³-hybridized carbons (Fsp3) is 0.207. The number of aliphatic imine (C=N–C) groups is 1. The smallest absolute Gasteiger partial charge is 0.271 e. The van der Waals surface area contributed by atoms with Crippen LogP contribution in [0.4, 0.5) is 22.7 Å². The number of nitrogens with zero attached hydrogens (tertiary/aromatic N) is 3. The summed E-state index contributed by atoms with van der Waals surface area (Å²) in [5.74, 6) is 0.325. The fourth-order valence-corrected chi connectivity index (χ4v) is 4.82. The number of nitro groups is 1. The van der Waals surface area contributed by atoms with Crippen LogP contribution in [0.1, 0.15) is 19.4 Å². The van der Waals surface area contributed by atoms with E-state index in [-0.39, 0.29) is 23.9 Å². The van der Waals surface area contributed by atoms with Crippen LogP contribution < -0.4 is 25.0 Å². The molecule has 1 aliphatic rings. The van der Waals surface area contributed by atoms with E-state index in [2.05, 4.69) is 20.5 Å². The summed E-state index contributed by atoms with van der Waals surface area (Å²) < 4.78 is 11.1. The summed E-state index contributed by atoms with van der Waals surface area (Å²) in [6.07, 6.45) is 1.69. The SMILES string of the molecule is CCN(CC)c1ccc(/C=C2\SC(=Nc3ccc(OC)cc3)NC2=O)c(OCC(=O)Nc2cccc([N+](=O)[O-])c2)c1. The molecule has 0 bridgehead atoms. The van der Waals surface area contributed by atoms with Crippen molar-refractivity contribution >= 4 is 57.6 Å². The van der Waals surface area contributed by atoms with Gasteiger partial charge in [0.05, 0.1) is 22.6 Å². The lowest BCUT2D eigenvalue weighted by atomic mass is 10.1. The average Bonchev–Trinajstić information content (AvgIpc) is 3.31. The first kappa shape index (κ1) is 29.2. The maximum Gasteiger partial charge on any atom is 0.271 e. The van der Waals surface area contributed by atoms with E-state index < -0.39 is 10.8 Å². The lowest BCUT2D eigenvalue weighted by Gasteiger charge is -2.22. The first-order chi connectivity index (χ1) is 19.8. The molecule has 0 aliphatic carbocycles. The molecule has 1 saturated heterocycles. The largest absolute Gasteiger partial charge is 0.497 e. The van der Waals surface area contributed by atoms with Gasteiger partial charge in [-0.05, 0) is 74.1 Å². The normalized spacial score (nSPS) is 14.6. The van der Waals surface area contributed by atoms with Gasteiger partial charge in [0, 0.05) is 48.2 Å². The van der Waals surface area contributed by atoms with Crippen molar-refractivity contribution in [2.45, 2.75) is 13.8 Å². The number of nitro benzene ring substituents is 1. The number of hydrogen-bond donors (Lipinski definition) is 2. The number of amides is 2. The van der Waals surface area contributed by atoms with Gasteiger partial charge in [-0.3, -0.25) is 19.7 Å². The predicted octanol–water partition coefficient (Wildman–Crippen LogP) is 5.36. The zero-order chi connectivity index (χ0) is 29.4. The predicted molar refractivity (Wildman–Crippen MR) is 161 cm³/mol. The quantitative estimate of drug-likeness (QED) is 0.177. The summed E-state index contributed by atoms with van der Waals surface area (Å²) in [4.78, 5) is 42.9. The number of non-ortho nitro benzene ring substituents is 1. The van der Waals surface area contributed by atoms with Crippen LogP contribution >= 0.6 is 11.8 Å². The Bertz CT molecular complexity index is 1500. The van der Waals surface area contributed by atoms with Gasteiger partial charge >= 0.3 is 0 Å². The van der Waals surface area contributed by atoms with Crippen molar-refractivity contribution in [1.82, 2.24) is 5.32 Å². The molecule has 0 aromatic heterocycles. The van der Waals surface area contributed by atoms with Gasteiger partial charge in [0.1, 0.15) is 11.5 Å². The van der Waals surface area contributed by atoms with E-state index in [0.29, 0.717) is 32.8 Å². The fourth-order valence-electron chi connectivity index (χ4n) is 3.99. The van der Waals surface area contributed by atoms with E-state index in [9.17, 15) is 19.7 Å². The average molecular weight is 576 g/mol. The number of ether oxygens (including phenoxy) is 2. The molecular formula is C29H29N5O6S. The van der Waals surface area contributed by atoms with E-state index in [0.717, 1.165) is 18.8 Å². The molecule has 3 aromatic carbocycles. The third-order valence-electron chi connectivity index (χ3n) is 6.07. The molecule has 0 spiro atoms. The van der Waals surface area contributed by atoms with Crippen molar-refractivity contribution in [1.29, 1.82) is 0 Å². The number of thioether (sulfide) groups is 1. The van der Waals surface area contributed by atoms with Crippen LogP contribution in [0.2, 0.25) is 0 Å². The molecule has 11 nitrogen and oxygen atoms in total. The lowest BCUT2D eigenvalue weighted by molar-refractivity contribution is -0.384. The van der Waals surface area contributed by atoms with Crippen LogP contribution in [0, 0.1) is 10.1 Å².